The van der Waals surface area contributed by atoms with Crippen LogP contribution in [0.15, 0.2) is 51.4 Å². The summed E-state index contributed by atoms with van der Waals surface area (Å²) in [5.41, 5.74) is -1.24. The maximum absolute atomic E-state index is 12.9. The largest absolute Gasteiger partial charge is 0.459 e. The highest BCUT2D eigenvalue weighted by Crippen LogP contribution is 2.34. The quantitative estimate of drug-likeness (QED) is 0.453. The summed E-state index contributed by atoms with van der Waals surface area (Å²) in [5, 5.41) is 12.5. The Morgan fingerprint density at radius 2 is 1.89 bits per heavy atom. The Bertz CT molecular complexity index is 974. The number of aromatic nitrogens is 2. The summed E-state index contributed by atoms with van der Waals surface area (Å²) in [7, 11) is 0. The summed E-state index contributed by atoms with van der Waals surface area (Å²) >= 11 is 2.00. The number of carbonyl (C=O) groups is 2. The van der Waals surface area contributed by atoms with Crippen molar-refractivity contribution in [2.45, 2.75) is 10.5 Å². The molecule has 146 valence electrons. The molecule has 2 aromatic heterocycles. The van der Waals surface area contributed by atoms with E-state index in [0.717, 1.165) is 29.2 Å². The smallest absolute Gasteiger partial charge is 0.418 e. The summed E-state index contributed by atoms with van der Waals surface area (Å²) in [6, 6.07) is 7.75. The van der Waals surface area contributed by atoms with Crippen LogP contribution in [0.4, 0.5) is 24.0 Å². The molecule has 2 N–H and O–H groups in total. The summed E-state index contributed by atoms with van der Waals surface area (Å²) in [5.74, 6) is -1.20. The third kappa shape index (κ3) is 5.10. The number of rotatable bonds is 6. The fourth-order valence-corrected chi connectivity index (χ4v) is 3.58. The number of benzene rings is 1. The Balaban J connectivity index is 1.55. The van der Waals surface area contributed by atoms with E-state index >= 15 is 0 Å². The van der Waals surface area contributed by atoms with Crippen LogP contribution >= 0.6 is 23.1 Å². The van der Waals surface area contributed by atoms with Gasteiger partial charge in [0.25, 0.3) is 5.91 Å². The number of hydrogen-bond acceptors (Lipinski definition) is 7. The van der Waals surface area contributed by atoms with Gasteiger partial charge < -0.3 is 9.73 Å². The van der Waals surface area contributed by atoms with Gasteiger partial charge in [-0.25, -0.2) is 0 Å². The van der Waals surface area contributed by atoms with E-state index in [9.17, 15) is 22.8 Å². The van der Waals surface area contributed by atoms with Crippen LogP contribution in [0, 0.1) is 0 Å². The molecular weight excluding hydrogens is 417 g/mol. The second kappa shape index (κ2) is 8.44. The first-order chi connectivity index (χ1) is 13.3. The molecule has 1 aromatic carbocycles. The molecule has 7 nitrogen and oxygen atoms in total. The lowest BCUT2D eigenvalue weighted by atomic mass is 10.1. The maximum atomic E-state index is 12.9. The minimum Gasteiger partial charge on any atom is -0.459 e. The van der Waals surface area contributed by atoms with Crippen molar-refractivity contribution in [3.05, 3.63) is 54.0 Å². The van der Waals surface area contributed by atoms with Gasteiger partial charge in [0.2, 0.25) is 11.0 Å². The number of para-hydroxylation sites is 1. The maximum Gasteiger partial charge on any atom is 0.418 e. The summed E-state index contributed by atoms with van der Waals surface area (Å²) in [6.07, 6.45) is -3.22. The number of nitrogens with one attached hydrogen (secondary N) is 2. The first kappa shape index (κ1) is 19.9. The van der Waals surface area contributed by atoms with Gasteiger partial charge in [0.1, 0.15) is 0 Å². The molecule has 28 heavy (non-hydrogen) atoms. The van der Waals surface area contributed by atoms with Gasteiger partial charge in [-0.2, -0.15) is 13.2 Å². The topological polar surface area (TPSA) is 97.1 Å². The zero-order valence-corrected chi connectivity index (χ0v) is 15.5. The minimum atomic E-state index is -4.57. The number of amides is 2. The molecule has 12 heteroatoms. The van der Waals surface area contributed by atoms with Gasteiger partial charge >= 0.3 is 6.18 Å². The lowest BCUT2D eigenvalue weighted by Crippen LogP contribution is -2.18. The second-order valence-corrected chi connectivity index (χ2v) is 7.38. The molecule has 0 spiro atoms. The molecule has 2 amide bonds. The van der Waals surface area contributed by atoms with Crippen molar-refractivity contribution in [2.75, 3.05) is 16.4 Å². The van der Waals surface area contributed by atoms with Crippen molar-refractivity contribution < 1.29 is 27.2 Å². The van der Waals surface area contributed by atoms with E-state index in [2.05, 4.69) is 20.8 Å². The molecule has 0 aliphatic carbocycles. The lowest BCUT2D eigenvalue weighted by molar-refractivity contribution is -0.137. The molecule has 2 heterocycles. The van der Waals surface area contributed by atoms with Crippen LogP contribution < -0.4 is 10.6 Å². The van der Waals surface area contributed by atoms with Crippen molar-refractivity contribution in [1.29, 1.82) is 0 Å². The normalized spacial score (nSPS) is 11.2. The van der Waals surface area contributed by atoms with Gasteiger partial charge in [0.05, 0.1) is 23.3 Å². The number of hydrogen-bond donors (Lipinski definition) is 2. The van der Waals surface area contributed by atoms with Gasteiger partial charge in [-0.15, -0.1) is 10.2 Å². The fraction of sp³-hybridized carbons (Fsp3) is 0.125. The van der Waals surface area contributed by atoms with E-state index in [1.165, 1.54) is 30.5 Å². The first-order valence-electron chi connectivity index (χ1n) is 7.60. The molecule has 0 atom stereocenters. The van der Waals surface area contributed by atoms with Gasteiger partial charge in [0, 0.05) is 0 Å². The highest BCUT2D eigenvalue weighted by atomic mass is 32.2. The van der Waals surface area contributed by atoms with Crippen LogP contribution in [0.2, 0.25) is 0 Å². The Morgan fingerprint density at radius 3 is 2.61 bits per heavy atom. The molecule has 0 unspecified atom stereocenters. The van der Waals surface area contributed by atoms with E-state index in [-0.39, 0.29) is 22.3 Å². The molecule has 0 radical (unpaired) electrons. The highest BCUT2D eigenvalue weighted by Gasteiger charge is 2.33. The Labute approximate surface area is 164 Å². The van der Waals surface area contributed by atoms with Gasteiger partial charge in [-0.3, -0.25) is 14.9 Å². The summed E-state index contributed by atoms with van der Waals surface area (Å²) in [4.78, 5) is 23.8. The molecule has 0 bridgehead atoms. The number of furan rings is 1. The molecule has 0 saturated carbocycles. The number of carbonyl (C=O) groups excluding carboxylic acids is 2. The third-order valence-corrected chi connectivity index (χ3v) is 5.18. The average Bonchev–Trinajstić information content (AvgIpc) is 3.31. The van der Waals surface area contributed by atoms with Gasteiger partial charge in [-0.1, -0.05) is 35.2 Å². The third-order valence-electron chi connectivity index (χ3n) is 3.21. The van der Waals surface area contributed by atoms with E-state index in [1.807, 2.05) is 0 Å². The molecule has 3 rings (SSSR count). The van der Waals surface area contributed by atoms with Crippen LogP contribution in [-0.4, -0.2) is 27.8 Å². The van der Waals surface area contributed by atoms with Crippen molar-refractivity contribution in [3.8, 4) is 0 Å². The molecular formula is C16H11F3N4O3S2. The average molecular weight is 428 g/mol. The zero-order valence-electron chi connectivity index (χ0n) is 13.8. The van der Waals surface area contributed by atoms with Crippen molar-refractivity contribution in [2.24, 2.45) is 0 Å². The molecule has 0 aliphatic heterocycles. The standard InChI is InChI=1S/C16H11F3N4O3S2/c17-16(18,19)9-4-1-2-5-10(9)20-12(24)8-27-15-23-22-14(28-15)21-13(25)11-6-3-7-26-11/h1-7H,8H2,(H,20,24)(H,21,22,25). The lowest BCUT2D eigenvalue weighted by Gasteiger charge is -2.13. The molecule has 0 fully saturated rings. The second-order valence-electron chi connectivity index (χ2n) is 5.18. The van der Waals surface area contributed by atoms with Crippen LogP contribution in [0.3, 0.4) is 0 Å². The summed E-state index contributed by atoms with van der Waals surface area (Å²) in [6.45, 7) is 0. The number of halogens is 3. The number of thioether (sulfide) groups is 1. The number of nitrogens with zero attached hydrogens (tertiary/aromatic N) is 2. The Morgan fingerprint density at radius 1 is 1.11 bits per heavy atom. The van der Waals surface area contributed by atoms with Crippen molar-refractivity contribution >= 4 is 45.7 Å². The van der Waals surface area contributed by atoms with Crippen molar-refractivity contribution in [3.63, 3.8) is 0 Å². The van der Waals surface area contributed by atoms with E-state index < -0.39 is 23.6 Å². The predicted molar refractivity (Wildman–Crippen MR) is 97.4 cm³/mol. The van der Waals surface area contributed by atoms with E-state index in [0.29, 0.717) is 4.34 Å². The summed E-state index contributed by atoms with van der Waals surface area (Å²) < 4.78 is 44.2. The van der Waals surface area contributed by atoms with Gasteiger partial charge in [0.15, 0.2) is 10.1 Å². The number of anilines is 2. The molecule has 0 saturated heterocycles. The Kier molecular flexibility index (Phi) is 5.99. The van der Waals surface area contributed by atoms with Crippen LogP contribution in [-0.2, 0) is 11.0 Å². The van der Waals surface area contributed by atoms with Gasteiger partial charge in [-0.05, 0) is 24.3 Å². The van der Waals surface area contributed by atoms with Crippen LogP contribution in [0.5, 0.6) is 0 Å². The Hall–Kier alpha value is -2.86. The van der Waals surface area contributed by atoms with E-state index in [1.54, 1.807) is 6.07 Å². The molecule has 0 aliphatic rings. The molecule has 3 aromatic rings. The van der Waals surface area contributed by atoms with Crippen LogP contribution in [0.1, 0.15) is 16.1 Å². The first-order valence-corrected chi connectivity index (χ1v) is 9.40. The minimum absolute atomic E-state index is 0.104. The van der Waals surface area contributed by atoms with Crippen molar-refractivity contribution in [1.82, 2.24) is 10.2 Å². The van der Waals surface area contributed by atoms with Crippen LogP contribution in [0.25, 0.3) is 0 Å². The SMILES string of the molecule is O=C(CSc1nnc(NC(=O)c2ccco2)s1)Nc1ccccc1C(F)(F)F. The fourth-order valence-electron chi connectivity index (χ4n) is 2.04. The van der Waals surface area contributed by atoms with E-state index in [4.69, 9.17) is 4.42 Å². The number of alkyl halides is 3. The predicted octanol–water partition coefficient (Wildman–Crippen LogP) is 4.13. The highest BCUT2D eigenvalue weighted by molar-refractivity contribution is 8.01. The zero-order chi connectivity index (χ0) is 20.1. The monoisotopic (exact) mass is 428 g/mol.